The van der Waals surface area contributed by atoms with Crippen LogP contribution in [0.25, 0.3) is 6.08 Å². The molecule has 1 fully saturated rings. The van der Waals surface area contributed by atoms with E-state index >= 15 is 0 Å². The zero-order chi connectivity index (χ0) is 32.3. The molecule has 0 radical (unpaired) electrons. The molecule has 5 rings (SSSR count). The number of fused-ring (bicyclic) bond motifs is 1. The maximum atomic E-state index is 13.3. The average molecular weight is 638 g/mol. The Balaban J connectivity index is 1.51. The number of likely N-dealkylation sites (N-methyl/N-ethyl adjacent to an activating group) is 1. The van der Waals surface area contributed by atoms with Gasteiger partial charge in [-0.15, -0.1) is 0 Å². The van der Waals surface area contributed by atoms with Crippen molar-refractivity contribution in [2.24, 2.45) is 0 Å². The van der Waals surface area contributed by atoms with Gasteiger partial charge < -0.3 is 34.6 Å². The Morgan fingerprint density at radius 3 is 2.51 bits per heavy atom. The predicted molar refractivity (Wildman–Crippen MR) is 181 cm³/mol. The summed E-state index contributed by atoms with van der Waals surface area (Å²) in [5.74, 6) is 2.27. The molecule has 242 valence electrons. The summed E-state index contributed by atoms with van der Waals surface area (Å²) in [5.41, 5.74) is 4.54. The summed E-state index contributed by atoms with van der Waals surface area (Å²) in [5, 5.41) is 6.01. The lowest BCUT2D eigenvalue weighted by Crippen LogP contribution is -2.44. The Morgan fingerprint density at radius 1 is 1.11 bits per heavy atom. The summed E-state index contributed by atoms with van der Waals surface area (Å²) in [7, 11) is 1.61. The monoisotopic (exact) mass is 637 g/mol. The van der Waals surface area contributed by atoms with Crippen LogP contribution in [0.5, 0.6) is 17.2 Å². The van der Waals surface area contributed by atoms with E-state index in [-0.39, 0.29) is 0 Å². The van der Waals surface area contributed by atoms with Crippen LogP contribution in [0.4, 0.5) is 34.5 Å². The first-order chi connectivity index (χ1) is 21.6. The van der Waals surface area contributed by atoms with Gasteiger partial charge in [-0.05, 0) is 51.1 Å². The fourth-order valence-electron chi connectivity index (χ4n) is 5.41. The van der Waals surface area contributed by atoms with Gasteiger partial charge in [0.2, 0.25) is 16.0 Å². The van der Waals surface area contributed by atoms with Crippen LogP contribution in [0.3, 0.4) is 0 Å². The molecule has 2 N–H and O–H groups in total. The fraction of sp³-hybridized carbons (Fsp3) is 0.438. The lowest BCUT2D eigenvalue weighted by Gasteiger charge is -2.35. The molecule has 13 heteroatoms. The van der Waals surface area contributed by atoms with Gasteiger partial charge in [0.25, 0.3) is 0 Å². The quantitative estimate of drug-likeness (QED) is 0.299. The molecule has 2 aromatic carbocycles. The molecule has 0 unspecified atom stereocenters. The van der Waals surface area contributed by atoms with Gasteiger partial charge in [0.05, 0.1) is 23.7 Å². The maximum Gasteiger partial charge on any atom is 0.237 e. The van der Waals surface area contributed by atoms with Gasteiger partial charge >= 0.3 is 0 Å². The Hall–Kier alpha value is -4.23. The first-order valence-electron chi connectivity index (χ1n) is 15.2. The number of rotatable bonds is 11. The molecular weight excluding hydrogens is 594 g/mol. The van der Waals surface area contributed by atoms with Gasteiger partial charge in [0.1, 0.15) is 30.5 Å². The second kappa shape index (κ2) is 13.4. The number of nitrogens with zero attached hydrogens (tertiary/aromatic N) is 5. The number of hydrogen-bond acceptors (Lipinski definition) is 11. The minimum atomic E-state index is -3.70. The summed E-state index contributed by atoms with van der Waals surface area (Å²) < 4.78 is 45.3. The minimum Gasteiger partial charge on any atom is -0.494 e. The molecule has 45 heavy (non-hydrogen) atoms. The topological polar surface area (TPSA) is 121 Å². The Labute approximate surface area is 266 Å². The number of methoxy groups -OCH3 is 1. The highest BCUT2D eigenvalue weighted by Gasteiger charge is 2.31. The number of sulfonamides is 1. The number of ether oxygens (including phenoxy) is 3. The molecule has 0 aliphatic carbocycles. The number of nitrogens with one attached hydrogen (secondary N) is 2. The SMILES string of the molecule is C=Cc1cnc(Nc2cc(CC)c(N3CCN(C)CC3)cc2OC)nc1Nc1ccc2c(c1N(C)S(=O)(=O)C(C)C)OCCO2. The van der Waals surface area contributed by atoms with Gasteiger partial charge in [0.15, 0.2) is 11.5 Å². The molecular formula is C32H43N7O5S. The van der Waals surface area contributed by atoms with Crippen molar-refractivity contribution in [2.75, 3.05) is 80.4 Å². The van der Waals surface area contributed by atoms with E-state index in [1.54, 1.807) is 45.4 Å². The molecule has 1 aromatic heterocycles. The third-order valence-electron chi connectivity index (χ3n) is 8.14. The molecule has 0 amide bonds. The van der Waals surface area contributed by atoms with Crippen molar-refractivity contribution in [2.45, 2.75) is 32.4 Å². The van der Waals surface area contributed by atoms with Crippen LogP contribution in [-0.4, -0.2) is 89.1 Å². The number of piperazine rings is 1. The Kier molecular flexibility index (Phi) is 9.59. The number of aromatic nitrogens is 2. The number of benzene rings is 2. The van der Waals surface area contributed by atoms with Gasteiger partial charge in [-0.1, -0.05) is 19.6 Å². The van der Waals surface area contributed by atoms with Gasteiger partial charge in [-0.2, -0.15) is 4.98 Å². The second-order valence-corrected chi connectivity index (χ2v) is 13.8. The normalized spacial score (nSPS) is 15.1. The summed E-state index contributed by atoms with van der Waals surface area (Å²) in [6.07, 6.45) is 4.14. The summed E-state index contributed by atoms with van der Waals surface area (Å²) in [4.78, 5) is 14.1. The highest BCUT2D eigenvalue weighted by atomic mass is 32.2. The van der Waals surface area contributed by atoms with Crippen LogP contribution >= 0.6 is 0 Å². The van der Waals surface area contributed by atoms with E-state index in [0.717, 1.165) is 38.3 Å². The predicted octanol–water partition coefficient (Wildman–Crippen LogP) is 4.88. The first-order valence-corrected chi connectivity index (χ1v) is 16.7. The van der Waals surface area contributed by atoms with Crippen molar-refractivity contribution in [3.63, 3.8) is 0 Å². The third-order valence-corrected chi connectivity index (χ3v) is 10.3. The molecule has 2 aliphatic rings. The highest BCUT2D eigenvalue weighted by molar-refractivity contribution is 7.93. The maximum absolute atomic E-state index is 13.3. The molecule has 12 nitrogen and oxygen atoms in total. The summed E-state index contributed by atoms with van der Waals surface area (Å²) in [6, 6.07) is 7.68. The van der Waals surface area contributed by atoms with E-state index < -0.39 is 15.3 Å². The third kappa shape index (κ3) is 6.59. The van der Waals surface area contributed by atoms with Crippen molar-refractivity contribution >= 4 is 50.6 Å². The van der Waals surface area contributed by atoms with E-state index in [4.69, 9.17) is 19.2 Å². The molecule has 3 heterocycles. The molecule has 0 atom stereocenters. The van der Waals surface area contributed by atoms with E-state index in [9.17, 15) is 8.42 Å². The van der Waals surface area contributed by atoms with Crippen molar-refractivity contribution < 1.29 is 22.6 Å². The van der Waals surface area contributed by atoms with Crippen molar-refractivity contribution in [3.05, 3.63) is 48.2 Å². The molecule has 3 aromatic rings. The van der Waals surface area contributed by atoms with Crippen molar-refractivity contribution in [3.8, 4) is 17.2 Å². The minimum absolute atomic E-state index is 0.299. The molecule has 0 bridgehead atoms. The van der Waals surface area contributed by atoms with Gasteiger partial charge in [0, 0.05) is 56.7 Å². The van der Waals surface area contributed by atoms with Crippen LogP contribution in [0.2, 0.25) is 0 Å². The summed E-state index contributed by atoms with van der Waals surface area (Å²) in [6.45, 7) is 13.9. The van der Waals surface area contributed by atoms with Gasteiger partial charge in [-0.25, -0.2) is 13.4 Å². The van der Waals surface area contributed by atoms with E-state index in [1.165, 1.54) is 22.6 Å². The standard InChI is InChI=1S/C32H43N7O5S/c1-8-22-18-25(28(42-7)19-26(22)39-14-12-37(5)13-15-39)35-32-33-20-23(9-2)31(36-32)34-24-10-11-27-30(44-17-16-43-27)29(24)38(6)45(40,41)21(3)4/h9-11,18-21H,2,8,12-17H2,1,3-7H3,(H2,33,34,35,36). The second-order valence-electron chi connectivity index (χ2n) is 11.3. The van der Waals surface area contributed by atoms with Crippen molar-refractivity contribution in [1.82, 2.24) is 14.9 Å². The summed E-state index contributed by atoms with van der Waals surface area (Å²) >= 11 is 0. The fourth-order valence-corrected chi connectivity index (χ4v) is 6.48. The van der Waals surface area contributed by atoms with Crippen LogP contribution < -0.4 is 34.0 Å². The molecule has 0 saturated carbocycles. The number of aryl methyl sites for hydroxylation is 1. The molecule has 2 aliphatic heterocycles. The molecule has 1 saturated heterocycles. The lowest BCUT2D eigenvalue weighted by molar-refractivity contribution is 0.172. The smallest absolute Gasteiger partial charge is 0.237 e. The van der Waals surface area contributed by atoms with Crippen LogP contribution in [0.1, 0.15) is 31.9 Å². The van der Waals surface area contributed by atoms with Crippen LogP contribution in [0, 0.1) is 0 Å². The van der Waals surface area contributed by atoms with Crippen molar-refractivity contribution in [1.29, 1.82) is 0 Å². The van der Waals surface area contributed by atoms with Gasteiger partial charge in [-0.3, -0.25) is 4.31 Å². The number of anilines is 6. The van der Waals surface area contributed by atoms with Crippen LogP contribution in [0.15, 0.2) is 37.0 Å². The van der Waals surface area contributed by atoms with E-state index in [0.29, 0.717) is 59.2 Å². The van der Waals surface area contributed by atoms with E-state index in [1.807, 2.05) is 0 Å². The zero-order valence-corrected chi connectivity index (χ0v) is 27.7. The number of hydrogen-bond donors (Lipinski definition) is 2. The average Bonchev–Trinajstić information content (AvgIpc) is 3.04. The Bertz CT molecular complexity index is 1660. The highest BCUT2D eigenvalue weighted by Crippen LogP contribution is 2.46. The molecule has 0 spiro atoms. The Morgan fingerprint density at radius 2 is 1.84 bits per heavy atom. The first kappa shape index (κ1) is 32.2. The van der Waals surface area contributed by atoms with Crippen LogP contribution in [-0.2, 0) is 16.4 Å². The largest absolute Gasteiger partial charge is 0.494 e. The lowest BCUT2D eigenvalue weighted by atomic mass is 10.1. The van der Waals surface area contributed by atoms with E-state index in [2.05, 4.69) is 58.1 Å². The zero-order valence-electron chi connectivity index (χ0n) is 26.9.